The highest BCUT2D eigenvalue weighted by atomic mass is 16.5. The van der Waals surface area contributed by atoms with Gasteiger partial charge in [-0.15, -0.1) is 0 Å². The summed E-state index contributed by atoms with van der Waals surface area (Å²) in [4.78, 5) is 0. The summed E-state index contributed by atoms with van der Waals surface area (Å²) < 4.78 is 7.76. The van der Waals surface area contributed by atoms with E-state index < -0.39 is 0 Å². The van der Waals surface area contributed by atoms with Gasteiger partial charge in [0.25, 0.3) is 0 Å². The highest BCUT2D eigenvalue weighted by molar-refractivity contribution is 5.87. The van der Waals surface area contributed by atoms with Crippen LogP contribution in [0.1, 0.15) is 30.0 Å². The largest absolute Gasteiger partial charge is 0.497 e. The van der Waals surface area contributed by atoms with Gasteiger partial charge in [-0.2, -0.15) is 0 Å². The third-order valence-electron chi connectivity index (χ3n) is 4.38. The SMILES string of the molecule is CNCC1CCCc2c1n(C)c1ccc(OC)cc21. The smallest absolute Gasteiger partial charge is 0.119 e. The average molecular weight is 258 g/mol. The summed E-state index contributed by atoms with van der Waals surface area (Å²) in [6.45, 7) is 1.06. The Bertz CT molecular complexity index is 600. The maximum atomic E-state index is 5.38. The Kier molecular flexibility index (Phi) is 3.23. The lowest BCUT2D eigenvalue weighted by Gasteiger charge is -2.24. The van der Waals surface area contributed by atoms with Crippen molar-refractivity contribution in [3.05, 3.63) is 29.5 Å². The third kappa shape index (κ3) is 1.93. The van der Waals surface area contributed by atoms with E-state index in [1.165, 1.54) is 41.4 Å². The Morgan fingerprint density at radius 3 is 3.00 bits per heavy atom. The topological polar surface area (TPSA) is 26.2 Å². The van der Waals surface area contributed by atoms with Gasteiger partial charge in [-0.3, -0.25) is 0 Å². The van der Waals surface area contributed by atoms with E-state index in [-0.39, 0.29) is 0 Å². The molecule has 0 saturated heterocycles. The molecule has 1 aromatic heterocycles. The van der Waals surface area contributed by atoms with E-state index in [1.807, 2.05) is 7.05 Å². The molecule has 1 unspecified atom stereocenters. The van der Waals surface area contributed by atoms with E-state index in [2.05, 4.69) is 35.1 Å². The van der Waals surface area contributed by atoms with E-state index in [1.54, 1.807) is 7.11 Å². The molecule has 0 radical (unpaired) electrons. The molecular formula is C16H22N2O. The van der Waals surface area contributed by atoms with Gasteiger partial charge in [-0.1, -0.05) is 0 Å². The van der Waals surface area contributed by atoms with Crippen molar-refractivity contribution in [2.45, 2.75) is 25.2 Å². The number of fused-ring (bicyclic) bond motifs is 3. The molecule has 0 fully saturated rings. The first-order chi connectivity index (χ1) is 9.26. The van der Waals surface area contributed by atoms with E-state index in [0.29, 0.717) is 5.92 Å². The normalized spacial score (nSPS) is 18.6. The number of hydrogen-bond acceptors (Lipinski definition) is 2. The maximum absolute atomic E-state index is 5.38. The first-order valence-electron chi connectivity index (χ1n) is 7.06. The van der Waals surface area contributed by atoms with Crippen LogP contribution in [0.3, 0.4) is 0 Å². The molecule has 0 spiro atoms. The number of benzene rings is 1. The van der Waals surface area contributed by atoms with E-state index in [0.717, 1.165) is 12.3 Å². The summed E-state index contributed by atoms with van der Waals surface area (Å²) in [5, 5.41) is 4.71. The van der Waals surface area contributed by atoms with Gasteiger partial charge in [0.1, 0.15) is 5.75 Å². The van der Waals surface area contributed by atoms with Crippen LogP contribution in [0.25, 0.3) is 10.9 Å². The van der Waals surface area contributed by atoms with Crippen molar-refractivity contribution < 1.29 is 4.74 Å². The molecule has 1 aromatic carbocycles. The zero-order valence-electron chi connectivity index (χ0n) is 12.0. The second kappa shape index (κ2) is 4.89. The van der Waals surface area contributed by atoms with Crippen molar-refractivity contribution in [2.24, 2.45) is 7.05 Å². The minimum atomic E-state index is 0.636. The van der Waals surface area contributed by atoms with Crippen molar-refractivity contribution in [3.63, 3.8) is 0 Å². The van der Waals surface area contributed by atoms with Gasteiger partial charge in [0, 0.05) is 36.1 Å². The van der Waals surface area contributed by atoms with Crippen LogP contribution in [-0.2, 0) is 13.5 Å². The molecule has 0 amide bonds. The molecule has 1 N–H and O–H groups in total. The van der Waals surface area contributed by atoms with E-state index in [4.69, 9.17) is 4.74 Å². The van der Waals surface area contributed by atoms with Crippen molar-refractivity contribution in [2.75, 3.05) is 20.7 Å². The van der Waals surface area contributed by atoms with Gasteiger partial charge in [0.05, 0.1) is 7.11 Å². The van der Waals surface area contributed by atoms with Crippen molar-refractivity contribution in [1.82, 2.24) is 9.88 Å². The molecule has 2 aromatic rings. The zero-order valence-corrected chi connectivity index (χ0v) is 12.0. The zero-order chi connectivity index (χ0) is 13.4. The number of rotatable bonds is 3. The van der Waals surface area contributed by atoms with Gasteiger partial charge >= 0.3 is 0 Å². The van der Waals surface area contributed by atoms with Crippen LogP contribution in [0.15, 0.2) is 18.2 Å². The Morgan fingerprint density at radius 2 is 2.26 bits per heavy atom. The fourth-order valence-corrected chi connectivity index (χ4v) is 3.54. The molecule has 1 aliphatic rings. The van der Waals surface area contributed by atoms with Gasteiger partial charge < -0.3 is 14.6 Å². The number of methoxy groups -OCH3 is 1. The lowest BCUT2D eigenvalue weighted by molar-refractivity contribution is 0.415. The molecule has 1 heterocycles. The number of likely N-dealkylation sites (N-methyl/N-ethyl adjacent to an activating group) is 1. The Balaban J connectivity index is 2.20. The summed E-state index contributed by atoms with van der Waals surface area (Å²) in [5.74, 6) is 1.59. The second-order valence-electron chi connectivity index (χ2n) is 5.45. The summed E-state index contributed by atoms with van der Waals surface area (Å²) in [7, 11) is 5.97. The van der Waals surface area contributed by atoms with Crippen molar-refractivity contribution in [1.29, 1.82) is 0 Å². The molecule has 1 aliphatic carbocycles. The van der Waals surface area contributed by atoms with Gasteiger partial charge in [0.2, 0.25) is 0 Å². The van der Waals surface area contributed by atoms with Crippen LogP contribution >= 0.6 is 0 Å². The summed E-state index contributed by atoms with van der Waals surface area (Å²) in [6.07, 6.45) is 3.77. The lowest BCUT2D eigenvalue weighted by atomic mass is 9.86. The first kappa shape index (κ1) is 12.5. The number of hydrogen-bond donors (Lipinski definition) is 1. The number of aromatic nitrogens is 1. The van der Waals surface area contributed by atoms with Crippen LogP contribution in [0.2, 0.25) is 0 Å². The van der Waals surface area contributed by atoms with E-state index in [9.17, 15) is 0 Å². The quantitative estimate of drug-likeness (QED) is 0.916. The Hall–Kier alpha value is -1.48. The van der Waals surface area contributed by atoms with Crippen LogP contribution in [0.5, 0.6) is 5.75 Å². The summed E-state index contributed by atoms with van der Waals surface area (Å²) in [6, 6.07) is 6.43. The third-order valence-corrected chi connectivity index (χ3v) is 4.38. The Labute approximate surface area is 114 Å². The number of nitrogens with one attached hydrogen (secondary N) is 1. The van der Waals surface area contributed by atoms with Crippen LogP contribution in [-0.4, -0.2) is 25.3 Å². The Morgan fingerprint density at radius 1 is 1.42 bits per heavy atom. The molecule has 3 heteroatoms. The minimum Gasteiger partial charge on any atom is -0.497 e. The van der Waals surface area contributed by atoms with Crippen molar-refractivity contribution in [3.8, 4) is 5.75 Å². The fraction of sp³-hybridized carbons (Fsp3) is 0.500. The molecule has 102 valence electrons. The van der Waals surface area contributed by atoms with Crippen LogP contribution in [0.4, 0.5) is 0 Å². The predicted octanol–water partition coefficient (Wildman–Crippen LogP) is 2.83. The van der Waals surface area contributed by atoms with Gasteiger partial charge in [-0.05, 0) is 50.1 Å². The molecular weight excluding hydrogens is 236 g/mol. The lowest BCUT2D eigenvalue weighted by Crippen LogP contribution is -2.22. The predicted molar refractivity (Wildman–Crippen MR) is 79.1 cm³/mol. The average Bonchev–Trinajstić information content (AvgIpc) is 2.73. The highest BCUT2D eigenvalue weighted by Crippen LogP contribution is 2.38. The molecule has 3 rings (SSSR count). The van der Waals surface area contributed by atoms with Gasteiger partial charge in [0.15, 0.2) is 0 Å². The molecule has 3 nitrogen and oxygen atoms in total. The summed E-state index contributed by atoms with van der Waals surface area (Å²) in [5.41, 5.74) is 4.38. The molecule has 0 aliphatic heterocycles. The van der Waals surface area contributed by atoms with Crippen LogP contribution < -0.4 is 10.1 Å². The molecule has 0 bridgehead atoms. The van der Waals surface area contributed by atoms with Crippen LogP contribution in [0, 0.1) is 0 Å². The second-order valence-corrected chi connectivity index (χ2v) is 5.45. The summed E-state index contributed by atoms with van der Waals surface area (Å²) >= 11 is 0. The van der Waals surface area contributed by atoms with Gasteiger partial charge in [-0.25, -0.2) is 0 Å². The maximum Gasteiger partial charge on any atom is 0.119 e. The van der Waals surface area contributed by atoms with E-state index >= 15 is 0 Å². The number of aryl methyl sites for hydroxylation is 2. The fourth-order valence-electron chi connectivity index (χ4n) is 3.54. The standard InChI is InChI=1S/C16H22N2O/c1-17-10-11-5-4-6-13-14-9-12(19-3)7-8-15(14)18(2)16(11)13/h7-9,11,17H,4-6,10H2,1-3H3. The number of nitrogens with zero attached hydrogens (tertiary/aromatic N) is 1. The minimum absolute atomic E-state index is 0.636. The molecule has 19 heavy (non-hydrogen) atoms. The highest BCUT2D eigenvalue weighted by Gasteiger charge is 2.26. The molecule has 0 saturated carbocycles. The number of ether oxygens (including phenoxy) is 1. The monoisotopic (exact) mass is 258 g/mol. The first-order valence-corrected chi connectivity index (χ1v) is 7.06. The molecule has 1 atom stereocenters. The van der Waals surface area contributed by atoms with Crippen molar-refractivity contribution >= 4 is 10.9 Å².